The molecule has 112 valence electrons. The largest absolute Gasteiger partial charge is 0.468 e. The SMILES string of the molecule is CCN(CC(=O)OC)c1cc2c(cc1[N+](=O)[O-])CC(=O)N2. The number of amides is 1. The third kappa shape index (κ3) is 2.93. The molecule has 2 rings (SSSR count). The number of nitrogens with zero attached hydrogens (tertiary/aromatic N) is 2. The van der Waals surface area contributed by atoms with E-state index in [1.165, 1.54) is 24.1 Å². The maximum atomic E-state index is 11.4. The van der Waals surface area contributed by atoms with Crippen LogP contribution >= 0.6 is 0 Å². The molecule has 0 aromatic heterocycles. The minimum atomic E-state index is -0.516. The third-order valence-corrected chi connectivity index (χ3v) is 3.29. The second-order valence-corrected chi connectivity index (χ2v) is 4.57. The maximum Gasteiger partial charge on any atom is 0.325 e. The summed E-state index contributed by atoms with van der Waals surface area (Å²) in [4.78, 5) is 35.1. The number of likely N-dealkylation sites (N-methyl/N-ethyl adjacent to an activating group) is 1. The van der Waals surface area contributed by atoms with Gasteiger partial charge in [0.25, 0.3) is 5.69 Å². The highest BCUT2D eigenvalue weighted by molar-refractivity contribution is 6.00. The Morgan fingerprint density at radius 2 is 2.24 bits per heavy atom. The predicted molar refractivity (Wildman–Crippen MR) is 75.3 cm³/mol. The van der Waals surface area contributed by atoms with E-state index in [1.807, 2.05) is 0 Å². The number of hydrogen-bond acceptors (Lipinski definition) is 6. The van der Waals surface area contributed by atoms with Crippen LogP contribution in [0.4, 0.5) is 17.1 Å². The molecule has 1 aromatic rings. The van der Waals surface area contributed by atoms with Gasteiger partial charge in [0, 0.05) is 18.3 Å². The van der Waals surface area contributed by atoms with Crippen LogP contribution in [0.3, 0.4) is 0 Å². The lowest BCUT2D eigenvalue weighted by Crippen LogP contribution is -2.30. The molecule has 0 unspecified atom stereocenters. The lowest BCUT2D eigenvalue weighted by Gasteiger charge is -2.22. The molecule has 1 aliphatic heterocycles. The van der Waals surface area contributed by atoms with Crippen molar-refractivity contribution in [3.63, 3.8) is 0 Å². The molecule has 1 aliphatic rings. The van der Waals surface area contributed by atoms with Crippen molar-refractivity contribution in [1.82, 2.24) is 0 Å². The fraction of sp³-hybridized carbons (Fsp3) is 0.385. The van der Waals surface area contributed by atoms with E-state index in [0.717, 1.165) is 0 Å². The number of esters is 1. The number of fused-ring (bicyclic) bond motifs is 1. The highest BCUT2D eigenvalue weighted by Crippen LogP contribution is 2.36. The number of nitro groups is 1. The third-order valence-electron chi connectivity index (χ3n) is 3.29. The molecule has 0 bridgehead atoms. The van der Waals surface area contributed by atoms with Crippen molar-refractivity contribution in [2.24, 2.45) is 0 Å². The van der Waals surface area contributed by atoms with Gasteiger partial charge in [-0.1, -0.05) is 0 Å². The van der Waals surface area contributed by atoms with Gasteiger partial charge in [-0.3, -0.25) is 19.7 Å². The molecule has 0 aliphatic carbocycles. The van der Waals surface area contributed by atoms with Crippen LogP contribution in [0.1, 0.15) is 12.5 Å². The quantitative estimate of drug-likeness (QED) is 0.495. The molecule has 0 spiro atoms. The topological polar surface area (TPSA) is 102 Å². The second-order valence-electron chi connectivity index (χ2n) is 4.57. The fourth-order valence-corrected chi connectivity index (χ4v) is 2.24. The van der Waals surface area contributed by atoms with E-state index >= 15 is 0 Å². The van der Waals surface area contributed by atoms with E-state index in [-0.39, 0.29) is 30.2 Å². The summed E-state index contributed by atoms with van der Waals surface area (Å²) in [6.07, 6.45) is 0.125. The van der Waals surface area contributed by atoms with Gasteiger partial charge < -0.3 is 15.0 Å². The monoisotopic (exact) mass is 293 g/mol. The summed E-state index contributed by atoms with van der Waals surface area (Å²) in [6, 6.07) is 2.91. The summed E-state index contributed by atoms with van der Waals surface area (Å²) in [7, 11) is 1.26. The Balaban J connectivity index is 2.45. The zero-order valence-electron chi connectivity index (χ0n) is 11.7. The van der Waals surface area contributed by atoms with Gasteiger partial charge in [-0.05, 0) is 18.6 Å². The maximum absolute atomic E-state index is 11.4. The van der Waals surface area contributed by atoms with Crippen LogP contribution in [0.15, 0.2) is 12.1 Å². The summed E-state index contributed by atoms with van der Waals surface area (Å²) >= 11 is 0. The smallest absolute Gasteiger partial charge is 0.325 e. The Bertz CT molecular complexity index is 614. The molecule has 1 amide bonds. The van der Waals surface area contributed by atoms with Crippen molar-refractivity contribution in [3.05, 3.63) is 27.8 Å². The zero-order valence-corrected chi connectivity index (χ0v) is 11.7. The highest BCUT2D eigenvalue weighted by Gasteiger charge is 2.27. The van der Waals surface area contributed by atoms with E-state index in [9.17, 15) is 19.7 Å². The Labute approximate surface area is 120 Å². The average Bonchev–Trinajstić information content (AvgIpc) is 2.81. The Hall–Kier alpha value is -2.64. The van der Waals surface area contributed by atoms with Crippen LogP contribution in [0.2, 0.25) is 0 Å². The van der Waals surface area contributed by atoms with Gasteiger partial charge in [-0.15, -0.1) is 0 Å². The summed E-state index contributed by atoms with van der Waals surface area (Å²) in [5.41, 5.74) is 1.29. The molecular formula is C13H15N3O5. The summed E-state index contributed by atoms with van der Waals surface area (Å²) in [5, 5.41) is 13.9. The zero-order chi connectivity index (χ0) is 15.6. The number of methoxy groups -OCH3 is 1. The van der Waals surface area contributed by atoms with Crippen LogP contribution in [0, 0.1) is 10.1 Å². The molecule has 1 N–H and O–H groups in total. The highest BCUT2D eigenvalue weighted by atomic mass is 16.6. The molecule has 1 heterocycles. The minimum absolute atomic E-state index is 0.0967. The number of nitrogens with one attached hydrogen (secondary N) is 1. The molecule has 8 nitrogen and oxygen atoms in total. The molecule has 0 atom stereocenters. The average molecular weight is 293 g/mol. The van der Waals surface area contributed by atoms with Crippen molar-refractivity contribution in [2.75, 3.05) is 30.4 Å². The number of ether oxygens (including phenoxy) is 1. The van der Waals surface area contributed by atoms with Gasteiger partial charge >= 0.3 is 5.97 Å². The summed E-state index contributed by atoms with van der Waals surface area (Å²) < 4.78 is 4.59. The van der Waals surface area contributed by atoms with Crippen molar-refractivity contribution in [2.45, 2.75) is 13.3 Å². The first-order valence-electron chi connectivity index (χ1n) is 6.39. The second kappa shape index (κ2) is 5.78. The van der Waals surface area contributed by atoms with Gasteiger partial charge in [0.1, 0.15) is 12.2 Å². The molecular weight excluding hydrogens is 278 g/mol. The fourth-order valence-electron chi connectivity index (χ4n) is 2.24. The standard InChI is InChI=1S/C13H15N3O5/c1-3-15(7-13(18)21-2)10-6-9-8(5-12(17)14-9)4-11(10)16(19)20/h4,6H,3,5,7H2,1-2H3,(H,14,17). The molecule has 21 heavy (non-hydrogen) atoms. The van der Waals surface area contributed by atoms with Gasteiger partial charge in [0.05, 0.1) is 18.5 Å². The normalized spacial score (nSPS) is 12.6. The first-order valence-corrected chi connectivity index (χ1v) is 6.39. The van der Waals surface area contributed by atoms with Crippen LogP contribution in [-0.2, 0) is 20.7 Å². The Kier molecular flexibility index (Phi) is 4.06. The predicted octanol–water partition coefficient (Wildman–Crippen LogP) is 1.09. The summed E-state index contributed by atoms with van der Waals surface area (Å²) in [6.45, 7) is 2.07. The van der Waals surface area contributed by atoms with E-state index in [0.29, 0.717) is 17.8 Å². The lowest BCUT2D eigenvalue weighted by atomic mass is 10.1. The molecule has 8 heteroatoms. The van der Waals surface area contributed by atoms with E-state index < -0.39 is 10.9 Å². The number of anilines is 2. The molecule has 0 saturated carbocycles. The van der Waals surface area contributed by atoms with Crippen molar-refractivity contribution in [3.8, 4) is 0 Å². The lowest BCUT2D eigenvalue weighted by molar-refractivity contribution is -0.384. The van der Waals surface area contributed by atoms with Crippen LogP contribution in [0.5, 0.6) is 0 Å². The van der Waals surface area contributed by atoms with Crippen LogP contribution in [0.25, 0.3) is 0 Å². The van der Waals surface area contributed by atoms with Crippen LogP contribution in [-0.4, -0.2) is 37.0 Å². The number of rotatable bonds is 5. The number of hydrogen-bond donors (Lipinski definition) is 1. The number of benzene rings is 1. The first-order chi connectivity index (χ1) is 9.96. The van der Waals surface area contributed by atoms with Gasteiger partial charge in [0.15, 0.2) is 0 Å². The molecule has 0 saturated heterocycles. The van der Waals surface area contributed by atoms with E-state index in [4.69, 9.17) is 0 Å². The first kappa shape index (κ1) is 14.8. The Morgan fingerprint density at radius 1 is 1.52 bits per heavy atom. The van der Waals surface area contributed by atoms with Gasteiger partial charge in [-0.25, -0.2) is 0 Å². The molecule has 0 fully saturated rings. The van der Waals surface area contributed by atoms with Gasteiger partial charge in [0.2, 0.25) is 5.91 Å². The number of carbonyl (C=O) groups excluding carboxylic acids is 2. The molecule has 1 aromatic carbocycles. The minimum Gasteiger partial charge on any atom is -0.468 e. The summed E-state index contributed by atoms with van der Waals surface area (Å²) in [5.74, 6) is -0.692. The number of carbonyl (C=O) groups is 2. The van der Waals surface area contributed by atoms with Crippen molar-refractivity contribution >= 4 is 28.9 Å². The molecule has 0 radical (unpaired) electrons. The Morgan fingerprint density at radius 3 is 2.81 bits per heavy atom. The van der Waals surface area contributed by atoms with Crippen LogP contribution < -0.4 is 10.2 Å². The van der Waals surface area contributed by atoms with E-state index in [1.54, 1.807) is 6.92 Å². The van der Waals surface area contributed by atoms with Gasteiger partial charge in [-0.2, -0.15) is 0 Å². The van der Waals surface area contributed by atoms with Crippen molar-refractivity contribution < 1.29 is 19.2 Å². The van der Waals surface area contributed by atoms with E-state index in [2.05, 4.69) is 10.1 Å². The van der Waals surface area contributed by atoms with Crippen molar-refractivity contribution in [1.29, 1.82) is 0 Å². The number of nitro benzene ring substituents is 1.